The predicted octanol–water partition coefficient (Wildman–Crippen LogP) is 2.75. The summed E-state index contributed by atoms with van der Waals surface area (Å²) in [6, 6.07) is 3.65. The SMILES string of the molecule is CCCN1CCC(CNC(=O)Cc2c(F)cccc2F)CC1. The number of halogens is 2. The molecule has 3 nitrogen and oxygen atoms in total. The first kappa shape index (κ1) is 16.9. The second-order valence-electron chi connectivity index (χ2n) is 5.97. The van der Waals surface area contributed by atoms with Gasteiger partial charge in [-0.15, -0.1) is 0 Å². The number of carbonyl (C=O) groups is 1. The third kappa shape index (κ3) is 4.77. The number of hydrogen-bond acceptors (Lipinski definition) is 2. The molecule has 0 atom stereocenters. The van der Waals surface area contributed by atoms with Crippen molar-refractivity contribution in [3.63, 3.8) is 0 Å². The summed E-state index contributed by atoms with van der Waals surface area (Å²) in [6.07, 6.45) is 3.05. The molecule has 0 radical (unpaired) electrons. The van der Waals surface area contributed by atoms with Crippen molar-refractivity contribution in [2.45, 2.75) is 32.6 Å². The van der Waals surface area contributed by atoms with Crippen molar-refractivity contribution in [2.75, 3.05) is 26.2 Å². The Labute approximate surface area is 130 Å². The van der Waals surface area contributed by atoms with Crippen LogP contribution < -0.4 is 5.32 Å². The van der Waals surface area contributed by atoms with Crippen molar-refractivity contribution in [2.24, 2.45) is 5.92 Å². The van der Waals surface area contributed by atoms with Gasteiger partial charge in [-0.05, 0) is 56.9 Å². The van der Waals surface area contributed by atoms with Gasteiger partial charge in [-0.2, -0.15) is 0 Å². The first-order chi connectivity index (χ1) is 10.6. The predicted molar refractivity (Wildman–Crippen MR) is 82.5 cm³/mol. The fourth-order valence-corrected chi connectivity index (χ4v) is 2.91. The molecule has 1 heterocycles. The highest BCUT2D eigenvalue weighted by Crippen LogP contribution is 2.17. The number of likely N-dealkylation sites (tertiary alicyclic amines) is 1. The van der Waals surface area contributed by atoms with Gasteiger partial charge in [-0.3, -0.25) is 4.79 Å². The number of piperidine rings is 1. The third-order valence-electron chi connectivity index (χ3n) is 4.23. The van der Waals surface area contributed by atoms with Crippen LogP contribution in [0.15, 0.2) is 18.2 Å². The summed E-state index contributed by atoms with van der Waals surface area (Å²) < 4.78 is 27.0. The highest BCUT2D eigenvalue weighted by atomic mass is 19.1. The Hall–Kier alpha value is -1.49. The molecule has 0 spiro atoms. The van der Waals surface area contributed by atoms with Gasteiger partial charge in [0.2, 0.25) is 5.91 Å². The number of carbonyl (C=O) groups excluding carboxylic acids is 1. The lowest BCUT2D eigenvalue weighted by Gasteiger charge is -2.31. The van der Waals surface area contributed by atoms with Crippen LogP contribution in [0.25, 0.3) is 0 Å². The maximum Gasteiger partial charge on any atom is 0.224 e. The van der Waals surface area contributed by atoms with E-state index in [2.05, 4.69) is 17.1 Å². The molecule has 0 unspecified atom stereocenters. The summed E-state index contributed by atoms with van der Waals surface area (Å²) in [5.41, 5.74) is -0.155. The normalized spacial score (nSPS) is 16.7. The maximum absolute atomic E-state index is 13.5. The van der Waals surface area contributed by atoms with Gasteiger partial charge in [0.25, 0.3) is 0 Å². The quantitative estimate of drug-likeness (QED) is 0.876. The highest BCUT2D eigenvalue weighted by Gasteiger charge is 2.19. The molecule has 0 bridgehead atoms. The van der Waals surface area contributed by atoms with Crippen molar-refractivity contribution >= 4 is 5.91 Å². The molecule has 1 saturated heterocycles. The fraction of sp³-hybridized carbons (Fsp3) is 0.588. The van der Waals surface area contributed by atoms with E-state index in [-0.39, 0.29) is 17.9 Å². The molecule has 2 rings (SSSR count). The second kappa shape index (κ2) is 8.22. The van der Waals surface area contributed by atoms with Crippen LogP contribution in [0.3, 0.4) is 0 Å². The van der Waals surface area contributed by atoms with Crippen molar-refractivity contribution in [3.05, 3.63) is 35.4 Å². The summed E-state index contributed by atoms with van der Waals surface area (Å²) >= 11 is 0. The standard InChI is InChI=1S/C17H24F2N2O/c1-2-8-21-9-6-13(7-10-21)12-20-17(22)11-14-15(18)4-3-5-16(14)19/h3-5,13H,2,6-12H2,1H3,(H,20,22). The molecule has 1 aromatic carbocycles. The van der Waals surface area contributed by atoms with Gasteiger partial charge < -0.3 is 10.2 Å². The van der Waals surface area contributed by atoms with Crippen LogP contribution in [0.2, 0.25) is 0 Å². The van der Waals surface area contributed by atoms with Crippen LogP contribution in [0.5, 0.6) is 0 Å². The molecule has 1 aliphatic heterocycles. The number of rotatable bonds is 6. The molecule has 22 heavy (non-hydrogen) atoms. The number of amides is 1. The molecule has 122 valence electrons. The Morgan fingerprint density at radius 3 is 2.50 bits per heavy atom. The van der Waals surface area contributed by atoms with Crippen LogP contribution >= 0.6 is 0 Å². The van der Waals surface area contributed by atoms with E-state index in [4.69, 9.17) is 0 Å². The van der Waals surface area contributed by atoms with Crippen LogP contribution in [0.4, 0.5) is 8.78 Å². The molecule has 1 aliphatic rings. The lowest BCUT2D eigenvalue weighted by Crippen LogP contribution is -2.39. The van der Waals surface area contributed by atoms with E-state index in [0.717, 1.165) is 38.9 Å². The van der Waals surface area contributed by atoms with E-state index < -0.39 is 11.6 Å². The minimum atomic E-state index is -0.664. The number of nitrogens with one attached hydrogen (secondary N) is 1. The zero-order chi connectivity index (χ0) is 15.9. The Bertz CT molecular complexity index is 479. The van der Waals surface area contributed by atoms with Crippen molar-refractivity contribution in [1.82, 2.24) is 10.2 Å². The van der Waals surface area contributed by atoms with Gasteiger partial charge in [0.1, 0.15) is 11.6 Å². The van der Waals surface area contributed by atoms with Crippen LogP contribution in [-0.4, -0.2) is 37.0 Å². The average Bonchev–Trinajstić information content (AvgIpc) is 2.51. The molecule has 0 aliphatic carbocycles. The van der Waals surface area contributed by atoms with Crippen molar-refractivity contribution in [3.8, 4) is 0 Å². The van der Waals surface area contributed by atoms with Crippen molar-refractivity contribution < 1.29 is 13.6 Å². The lowest BCUT2D eigenvalue weighted by atomic mass is 9.96. The van der Waals surface area contributed by atoms with Gasteiger partial charge in [-0.1, -0.05) is 13.0 Å². The monoisotopic (exact) mass is 310 g/mol. The zero-order valence-corrected chi connectivity index (χ0v) is 13.1. The topological polar surface area (TPSA) is 32.3 Å². The fourth-order valence-electron chi connectivity index (χ4n) is 2.91. The third-order valence-corrected chi connectivity index (χ3v) is 4.23. The highest BCUT2D eigenvalue weighted by molar-refractivity contribution is 5.78. The van der Waals surface area contributed by atoms with Gasteiger partial charge in [0.15, 0.2) is 0 Å². The maximum atomic E-state index is 13.5. The van der Waals surface area contributed by atoms with E-state index in [1.54, 1.807) is 0 Å². The largest absolute Gasteiger partial charge is 0.356 e. The van der Waals surface area contributed by atoms with Gasteiger partial charge in [0.05, 0.1) is 6.42 Å². The molecular formula is C17H24F2N2O. The number of hydrogen-bond donors (Lipinski definition) is 1. The summed E-state index contributed by atoms with van der Waals surface area (Å²) in [5.74, 6) is -1.19. The van der Waals surface area contributed by atoms with Gasteiger partial charge in [-0.25, -0.2) is 8.78 Å². The summed E-state index contributed by atoms with van der Waals surface area (Å²) in [7, 11) is 0. The molecule has 5 heteroatoms. The van der Waals surface area contributed by atoms with Crippen LogP contribution in [0.1, 0.15) is 31.7 Å². The Balaban J connectivity index is 1.75. The van der Waals surface area contributed by atoms with E-state index in [0.29, 0.717) is 12.5 Å². The number of nitrogens with zero attached hydrogens (tertiary/aromatic N) is 1. The Kier molecular flexibility index (Phi) is 6.31. The lowest BCUT2D eigenvalue weighted by molar-refractivity contribution is -0.120. The number of benzene rings is 1. The summed E-state index contributed by atoms with van der Waals surface area (Å²) in [5, 5.41) is 2.81. The summed E-state index contributed by atoms with van der Waals surface area (Å²) in [6.45, 7) is 6.03. The molecule has 1 amide bonds. The van der Waals surface area contributed by atoms with Gasteiger partial charge in [0, 0.05) is 12.1 Å². The van der Waals surface area contributed by atoms with E-state index in [1.807, 2.05) is 0 Å². The molecule has 1 N–H and O–H groups in total. The van der Waals surface area contributed by atoms with Crippen LogP contribution in [-0.2, 0) is 11.2 Å². The smallest absolute Gasteiger partial charge is 0.224 e. The first-order valence-electron chi connectivity index (χ1n) is 8.02. The van der Waals surface area contributed by atoms with Crippen LogP contribution in [0, 0.1) is 17.6 Å². The molecule has 0 saturated carbocycles. The Morgan fingerprint density at radius 1 is 1.27 bits per heavy atom. The van der Waals surface area contributed by atoms with E-state index in [9.17, 15) is 13.6 Å². The van der Waals surface area contributed by atoms with E-state index >= 15 is 0 Å². The molecule has 1 aromatic rings. The van der Waals surface area contributed by atoms with Crippen molar-refractivity contribution in [1.29, 1.82) is 0 Å². The average molecular weight is 310 g/mol. The minimum Gasteiger partial charge on any atom is -0.356 e. The summed E-state index contributed by atoms with van der Waals surface area (Å²) in [4.78, 5) is 14.3. The molecule has 0 aromatic heterocycles. The molecular weight excluding hydrogens is 286 g/mol. The molecule has 1 fully saturated rings. The first-order valence-corrected chi connectivity index (χ1v) is 8.02. The van der Waals surface area contributed by atoms with E-state index in [1.165, 1.54) is 18.2 Å². The second-order valence-corrected chi connectivity index (χ2v) is 5.97. The Morgan fingerprint density at radius 2 is 1.91 bits per heavy atom. The minimum absolute atomic E-state index is 0.155. The van der Waals surface area contributed by atoms with Gasteiger partial charge >= 0.3 is 0 Å². The zero-order valence-electron chi connectivity index (χ0n) is 13.1.